The van der Waals surface area contributed by atoms with Gasteiger partial charge in [0.05, 0.1) is 0 Å². The molecule has 10 nitrogen and oxygen atoms in total. The molecule has 136 valence electrons. The Kier molecular flexibility index (Phi) is 5.17. The summed E-state index contributed by atoms with van der Waals surface area (Å²) in [6, 6.07) is 0. The first-order valence-corrected chi connectivity index (χ1v) is 6.99. The molecule has 0 amide bonds. The molecular formula is C14H21NO9. The average Bonchev–Trinajstić information content (AvgIpc) is 2.46. The van der Waals surface area contributed by atoms with Gasteiger partial charge in [0.2, 0.25) is 0 Å². The number of carbonyl (C=O) groups is 4. The van der Waals surface area contributed by atoms with Gasteiger partial charge in [0.25, 0.3) is 0 Å². The first-order valence-electron chi connectivity index (χ1n) is 6.99. The number of aliphatic hydroxyl groups is 4. The molecule has 0 bridgehead atoms. The molecule has 2 unspecified atom stereocenters. The van der Waals surface area contributed by atoms with Gasteiger partial charge < -0.3 is 30.9 Å². The van der Waals surface area contributed by atoms with E-state index >= 15 is 0 Å². The van der Waals surface area contributed by atoms with Crippen LogP contribution in [-0.2, 0) is 23.9 Å². The first-order chi connectivity index (χ1) is 10.7. The van der Waals surface area contributed by atoms with E-state index in [1.165, 1.54) is 0 Å². The highest BCUT2D eigenvalue weighted by Gasteiger charge is 2.78. The minimum Gasteiger partial charge on any atom is -0.382 e. The van der Waals surface area contributed by atoms with E-state index in [1.807, 2.05) is 0 Å². The average molecular weight is 347 g/mol. The third kappa shape index (κ3) is 2.26. The van der Waals surface area contributed by atoms with E-state index in [-0.39, 0.29) is 0 Å². The molecule has 0 aromatic rings. The SMILES string of the molecule is CC(=O)C(O)[C@H]1OC(O)[C@@](N)(C(C)=O)[C@](O)(C(C)=O)[C@@]1(O)C(C)=O. The molecule has 1 aliphatic rings. The zero-order valence-corrected chi connectivity index (χ0v) is 13.6. The Hall–Kier alpha value is -1.56. The fourth-order valence-corrected chi connectivity index (χ4v) is 3.00. The van der Waals surface area contributed by atoms with Crippen molar-refractivity contribution in [2.75, 3.05) is 0 Å². The Morgan fingerprint density at radius 3 is 1.75 bits per heavy atom. The lowest BCUT2D eigenvalue weighted by Gasteiger charge is -2.57. The second-order valence-corrected chi connectivity index (χ2v) is 5.98. The van der Waals surface area contributed by atoms with Crippen molar-refractivity contribution in [3.05, 3.63) is 0 Å². The number of ether oxygens (including phenoxy) is 1. The van der Waals surface area contributed by atoms with E-state index in [0.717, 1.165) is 27.7 Å². The van der Waals surface area contributed by atoms with Crippen molar-refractivity contribution in [1.29, 1.82) is 0 Å². The van der Waals surface area contributed by atoms with Crippen molar-refractivity contribution >= 4 is 23.1 Å². The summed E-state index contributed by atoms with van der Waals surface area (Å²) in [5, 5.41) is 41.7. The van der Waals surface area contributed by atoms with Crippen LogP contribution in [0.15, 0.2) is 0 Å². The quantitative estimate of drug-likeness (QED) is 0.335. The van der Waals surface area contributed by atoms with E-state index in [4.69, 9.17) is 10.5 Å². The minimum atomic E-state index is -3.35. The van der Waals surface area contributed by atoms with Crippen LogP contribution in [0.3, 0.4) is 0 Å². The van der Waals surface area contributed by atoms with Crippen molar-refractivity contribution in [1.82, 2.24) is 0 Å². The number of ketones is 4. The van der Waals surface area contributed by atoms with E-state index in [0.29, 0.717) is 0 Å². The van der Waals surface area contributed by atoms with Gasteiger partial charge in [-0.2, -0.15) is 0 Å². The Labute approximate surface area is 137 Å². The molecule has 0 saturated carbocycles. The van der Waals surface area contributed by atoms with Gasteiger partial charge in [0, 0.05) is 0 Å². The molecule has 6 atom stereocenters. The zero-order chi connectivity index (χ0) is 19.2. The maximum Gasteiger partial charge on any atom is 0.191 e. The third-order valence-electron chi connectivity index (χ3n) is 4.56. The summed E-state index contributed by atoms with van der Waals surface area (Å²) in [7, 11) is 0. The predicted molar refractivity (Wildman–Crippen MR) is 76.4 cm³/mol. The number of carbonyl (C=O) groups excluding carboxylic acids is 4. The van der Waals surface area contributed by atoms with E-state index in [1.54, 1.807) is 0 Å². The van der Waals surface area contributed by atoms with Gasteiger partial charge in [-0.15, -0.1) is 0 Å². The molecule has 24 heavy (non-hydrogen) atoms. The Morgan fingerprint density at radius 2 is 1.46 bits per heavy atom. The highest BCUT2D eigenvalue weighted by Crippen LogP contribution is 2.45. The zero-order valence-electron chi connectivity index (χ0n) is 13.6. The van der Waals surface area contributed by atoms with Crippen LogP contribution in [0.25, 0.3) is 0 Å². The largest absolute Gasteiger partial charge is 0.382 e. The topological polar surface area (TPSA) is 184 Å². The van der Waals surface area contributed by atoms with Gasteiger partial charge >= 0.3 is 0 Å². The summed E-state index contributed by atoms with van der Waals surface area (Å²) < 4.78 is 4.86. The Bertz CT molecular complexity index is 605. The molecule has 0 aromatic heterocycles. The fourth-order valence-electron chi connectivity index (χ4n) is 3.00. The molecule has 1 heterocycles. The van der Waals surface area contributed by atoms with Crippen LogP contribution in [-0.4, -0.2) is 78.8 Å². The molecule has 0 spiro atoms. The summed E-state index contributed by atoms with van der Waals surface area (Å²) in [5.41, 5.74) is -3.82. The monoisotopic (exact) mass is 347 g/mol. The minimum absolute atomic E-state index is 0.730. The number of Topliss-reactive ketones (excluding diaryl/α,β-unsaturated/α-hetero) is 4. The second kappa shape index (κ2) is 6.06. The number of nitrogens with two attached hydrogens (primary N) is 1. The van der Waals surface area contributed by atoms with E-state index in [9.17, 15) is 39.6 Å². The lowest BCUT2D eigenvalue weighted by molar-refractivity contribution is -0.326. The van der Waals surface area contributed by atoms with Crippen LogP contribution in [0.1, 0.15) is 27.7 Å². The molecule has 0 aromatic carbocycles. The number of hydrogen-bond acceptors (Lipinski definition) is 10. The van der Waals surface area contributed by atoms with E-state index < -0.39 is 58.4 Å². The smallest absolute Gasteiger partial charge is 0.191 e. The molecule has 1 fully saturated rings. The molecule has 6 N–H and O–H groups in total. The molecule has 1 saturated heterocycles. The molecule has 10 heteroatoms. The highest BCUT2D eigenvalue weighted by molar-refractivity contribution is 6.06. The number of hydrogen-bond donors (Lipinski definition) is 5. The van der Waals surface area contributed by atoms with E-state index in [2.05, 4.69) is 0 Å². The summed E-state index contributed by atoms with van der Waals surface area (Å²) in [6.45, 7) is 3.18. The normalized spacial score (nSPS) is 40.7. The molecule has 1 rings (SSSR count). The Balaban J connectivity index is 3.86. The maximum absolute atomic E-state index is 12.1. The summed E-state index contributed by atoms with van der Waals surface area (Å²) >= 11 is 0. The summed E-state index contributed by atoms with van der Waals surface area (Å²) in [6.07, 6.45) is -6.80. The fraction of sp³-hybridized carbons (Fsp3) is 0.714. The molecule has 1 aliphatic heterocycles. The lowest BCUT2D eigenvalue weighted by atomic mass is 9.59. The van der Waals surface area contributed by atoms with Crippen molar-refractivity contribution in [2.45, 2.75) is 62.9 Å². The van der Waals surface area contributed by atoms with Gasteiger partial charge in [-0.25, -0.2) is 0 Å². The van der Waals surface area contributed by atoms with Crippen molar-refractivity contribution in [2.24, 2.45) is 5.73 Å². The van der Waals surface area contributed by atoms with Gasteiger partial charge in [0.15, 0.2) is 46.2 Å². The second-order valence-electron chi connectivity index (χ2n) is 5.98. The molecule has 0 aliphatic carbocycles. The van der Waals surface area contributed by atoms with Gasteiger partial charge in [-0.05, 0) is 27.7 Å². The molecular weight excluding hydrogens is 326 g/mol. The first kappa shape index (κ1) is 20.5. The summed E-state index contributed by atoms with van der Waals surface area (Å²) in [4.78, 5) is 47.6. The van der Waals surface area contributed by atoms with Crippen LogP contribution < -0.4 is 5.73 Å². The summed E-state index contributed by atoms with van der Waals surface area (Å²) in [5.74, 6) is -4.78. The van der Waals surface area contributed by atoms with Crippen LogP contribution in [0.2, 0.25) is 0 Å². The van der Waals surface area contributed by atoms with Crippen molar-refractivity contribution in [3.8, 4) is 0 Å². The maximum atomic E-state index is 12.1. The lowest BCUT2D eigenvalue weighted by Crippen LogP contribution is -2.89. The van der Waals surface area contributed by atoms with Crippen molar-refractivity contribution in [3.63, 3.8) is 0 Å². The van der Waals surface area contributed by atoms with Gasteiger partial charge in [-0.1, -0.05) is 0 Å². The van der Waals surface area contributed by atoms with Crippen molar-refractivity contribution < 1.29 is 44.3 Å². The predicted octanol–water partition coefficient (Wildman–Crippen LogP) is -3.42. The number of rotatable bonds is 5. The highest BCUT2D eigenvalue weighted by atomic mass is 16.6. The van der Waals surface area contributed by atoms with Gasteiger partial charge in [0.1, 0.15) is 12.2 Å². The van der Waals surface area contributed by atoms with Crippen LogP contribution >= 0.6 is 0 Å². The van der Waals surface area contributed by atoms with Crippen LogP contribution in [0.4, 0.5) is 0 Å². The molecule has 0 radical (unpaired) electrons. The van der Waals surface area contributed by atoms with Crippen LogP contribution in [0.5, 0.6) is 0 Å². The standard InChI is InChI=1S/C14H21NO9/c1-5(16)9(20)10-13(22,7(3)18)14(23,8(4)19)12(15,6(2)17)11(21)24-10/h9-11,20-23H,15H2,1-4H3/t9?,10-,11?,12+,13-,14-/m1/s1. The third-order valence-corrected chi connectivity index (χ3v) is 4.56. The van der Waals surface area contributed by atoms with Crippen LogP contribution in [0, 0.1) is 0 Å². The number of aliphatic hydroxyl groups excluding tert-OH is 2. The Morgan fingerprint density at radius 1 is 1.00 bits per heavy atom. The van der Waals surface area contributed by atoms with Gasteiger partial charge in [-0.3, -0.25) is 19.2 Å².